The zero-order chi connectivity index (χ0) is 25.5. The number of aromatic nitrogens is 1. The molecule has 0 atom stereocenters. The number of carbonyl (C=O) groups is 2. The summed E-state index contributed by atoms with van der Waals surface area (Å²) < 4.78 is 3.11. The third-order valence-electron chi connectivity index (χ3n) is 5.15. The molecule has 0 bridgehead atoms. The Kier molecular flexibility index (Phi) is 9.71. The van der Waals surface area contributed by atoms with Gasteiger partial charge in [0, 0.05) is 30.2 Å². The molecule has 0 aliphatic rings. The molecule has 0 saturated carbocycles. The van der Waals surface area contributed by atoms with Gasteiger partial charge in [0.05, 0.1) is 27.7 Å². The number of pyridine rings is 1. The zero-order valence-electron chi connectivity index (χ0n) is 20.8. The standard InChI is InChI=1S/C18H18ClNO2S.C9H14N2/c1-18(2,3)12-4-6-13(7-5-12)23-20-17-9-8-16(19)14(10-21)15(17)11-22;1-7-5-6-9(11(3)4)8(2)10-7/h4-11,20H,1-3H3;5-6H,1-4H3. The van der Waals surface area contributed by atoms with E-state index in [0.717, 1.165) is 16.3 Å². The van der Waals surface area contributed by atoms with Crippen molar-refractivity contribution in [2.45, 2.75) is 44.9 Å². The van der Waals surface area contributed by atoms with Crippen LogP contribution in [0.15, 0.2) is 53.4 Å². The number of nitrogens with zero attached hydrogens (tertiary/aromatic N) is 2. The van der Waals surface area contributed by atoms with Crippen LogP contribution in [0.2, 0.25) is 5.02 Å². The number of hydrogen-bond donors (Lipinski definition) is 1. The number of hydrogen-bond acceptors (Lipinski definition) is 6. The lowest BCUT2D eigenvalue weighted by Crippen LogP contribution is -2.11. The molecular weight excluding hydrogens is 466 g/mol. The van der Waals surface area contributed by atoms with Crippen LogP contribution < -0.4 is 9.62 Å². The number of carbonyl (C=O) groups excluding carboxylic acids is 2. The molecule has 1 N–H and O–H groups in total. The van der Waals surface area contributed by atoms with Crippen LogP contribution in [0.5, 0.6) is 0 Å². The summed E-state index contributed by atoms with van der Waals surface area (Å²) in [5, 5.41) is 0.271. The second-order valence-electron chi connectivity index (χ2n) is 9.09. The van der Waals surface area contributed by atoms with Crippen LogP contribution in [0.3, 0.4) is 0 Å². The maximum absolute atomic E-state index is 11.3. The van der Waals surface area contributed by atoms with Gasteiger partial charge in [-0.15, -0.1) is 0 Å². The van der Waals surface area contributed by atoms with Crippen LogP contribution in [0, 0.1) is 13.8 Å². The van der Waals surface area contributed by atoms with Crippen LogP contribution in [0.1, 0.15) is 58.4 Å². The van der Waals surface area contributed by atoms with Gasteiger partial charge in [-0.25, -0.2) is 0 Å². The van der Waals surface area contributed by atoms with Gasteiger partial charge in [0.15, 0.2) is 12.6 Å². The minimum atomic E-state index is 0.107. The molecule has 1 heterocycles. The SMILES string of the molecule is CC(C)(C)c1ccc(SNc2ccc(Cl)c(C=O)c2C=O)cc1.Cc1ccc(N(C)C)c(C)n1. The third-order valence-corrected chi connectivity index (χ3v) is 6.31. The number of anilines is 2. The van der Waals surface area contributed by atoms with Gasteiger partial charge in [-0.3, -0.25) is 14.6 Å². The number of aryl methyl sites for hydroxylation is 2. The van der Waals surface area contributed by atoms with Crippen molar-refractivity contribution in [2.75, 3.05) is 23.7 Å². The second kappa shape index (κ2) is 12.0. The van der Waals surface area contributed by atoms with Crippen LogP contribution in [-0.4, -0.2) is 31.7 Å². The van der Waals surface area contributed by atoms with E-state index in [1.54, 1.807) is 12.1 Å². The van der Waals surface area contributed by atoms with E-state index in [1.165, 1.54) is 23.2 Å². The highest BCUT2D eigenvalue weighted by Crippen LogP contribution is 2.30. The topological polar surface area (TPSA) is 62.3 Å². The molecule has 1 aromatic heterocycles. The Hall–Kier alpha value is -2.83. The van der Waals surface area contributed by atoms with Gasteiger partial charge in [-0.05, 0) is 73.2 Å². The monoisotopic (exact) mass is 497 g/mol. The van der Waals surface area contributed by atoms with Crippen molar-refractivity contribution >= 4 is 47.5 Å². The Morgan fingerprint density at radius 2 is 1.53 bits per heavy atom. The molecular formula is C27H32ClN3O2S. The molecule has 0 unspecified atom stereocenters. The van der Waals surface area contributed by atoms with Gasteiger partial charge < -0.3 is 9.62 Å². The molecule has 0 fully saturated rings. The highest BCUT2D eigenvalue weighted by molar-refractivity contribution is 8.00. The van der Waals surface area contributed by atoms with E-state index in [-0.39, 0.29) is 21.6 Å². The van der Waals surface area contributed by atoms with Gasteiger partial charge in [-0.1, -0.05) is 44.5 Å². The van der Waals surface area contributed by atoms with E-state index in [1.807, 2.05) is 46.1 Å². The van der Waals surface area contributed by atoms with Crippen LogP contribution in [0.25, 0.3) is 0 Å². The molecule has 0 aliphatic heterocycles. The van der Waals surface area contributed by atoms with Gasteiger partial charge >= 0.3 is 0 Å². The van der Waals surface area contributed by atoms with Crippen molar-refractivity contribution in [3.8, 4) is 0 Å². The summed E-state index contributed by atoms with van der Waals surface area (Å²) in [4.78, 5) is 29.8. The molecule has 0 amide bonds. The Labute approximate surface area is 212 Å². The Morgan fingerprint density at radius 1 is 0.912 bits per heavy atom. The third kappa shape index (κ3) is 7.34. The van der Waals surface area contributed by atoms with Crippen LogP contribution >= 0.6 is 23.5 Å². The smallest absolute Gasteiger partial charge is 0.152 e. The minimum Gasteiger partial charge on any atom is -0.376 e. The van der Waals surface area contributed by atoms with E-state index in [4.69, 9.17) is 11.6 Å². The summed E-state index contributed by atoms with van der Waals surface area (Å²) in [5.74, 6) is 0. The van der Waals surface area contributed by atoms with Gasteiger partial charge in [0.2, 0.25) is 0 Å². The Morgan fingerprint density at radius 3 is 2.03 bits per heavy atom. The Balaban J connectivity index is 0.000000310. The summed E-state index contributed by atoms with van der Waals surface area (Å²) in [5.41, 5.74) is 5.76. The maximum Gasteiger partial charge on any atom is 0.152 e. The molecule has 0 radical (unpaired) electrons. The number of benzene rings is 2. The van der Waals surface area contributed by atoms with Crippen LogP contribution in [0.4, 0.5) is 11.4 Å². The lowest BCUT2D eigenvalue weighted by molar-refractivity contribution is 0.109. The molecule has 0 saturated heterocycles. The normalized spacial score (nSPS) is 10.7. The molecule has 0 spiro atoms. The van der Waals surface area contributed by atoms with E-state index < -0.39 is 0 Å². The lowest BCUT2D eigenvalue weighted by atomic mass is 9.87. The first-order valence-corrected chi connectivity index (χ1v) is 12.0. The van der Waals surface area contributed by atoms with E-state index >= 15 is 0 Å². The molecule has 5 nitrogen and oxygen atoms in total. The summed E-state index contributed by atoms with van der Waals surface area (Å²) >= 11 is 7.31. The Bertz CT molecular complexity index is 1140. The molecule has 3 aromatic rings. The molecule has 3 rings (SSSR count). The maximum atomic E-state index is 11.3. The summed E-state index contributed by atoms with van der Waals surface area (Å²) in [7, 11) is 4.05. The zero-order valence-corrected chi connectivity index (χ0v) is 22.3. The molecule has 2 aromatic carbocycles. The lowest BCUT2D eigenvalue weighted by Gasteiger charge is -2.19. The van der Waals surface area contributed by atoms with Crippen LogP contribution in [-0.2, 0) is 5.41 Å². The van der Waals surface area contributed by atoms with Crippen molar-refractivity contribution in [1.82, 2.24) is 4.98 Å². The number of nitrogens with one attached hydrogen (secondary N) is 1. The first-order chi connectivity index (χ1) is 16.0. The van der Waals surface area contributed by atoms with Crippen molar-refractivity contribution in [1.29, 1.82) is 0 Å². The van der Waals surface area contributed by atoms with E-state index in [9.17, 15) is 9.59 Å². The van der Waals surface area contributed by atoms with Gasteiger partial charge in [0.25, 0.3) is 0 Å². The summed E-state index contributed by atoms with van der Waals surface area (Å²) in [6.45, 7) is 10.5. The molecule has 7 heteroatoms. The molecule has 0 aliphatic carbocycles. The van der Waals surface area contributed by atoms with Crippen molar-refractivity contribution in [3.63, 3.8) is 0 Å². The highest BCUT2D eigenvalue weighted by atomic mass is 35.5. The highest BCUT2D eigenvalue weighted by Gasteiger charge is 2.14. The first kappa shape index (κ1) is 27.4. The fourth-order valence-electron chi connectivity index (χ4n) is 3.23. The van der Waals surface area contributed by atoms with Crippen molar-refractivity contribution < 1.29 is 9.59 Å². The minimum absolute atomic E-state index is 0.107. The number of halogens is 1. The van der Waals surface area contributed by atoms with Crippen molar-refractivity contribution in [2.24, 2.45) is 0 Å². The number of rotatable bonds is 6. The van der Waals surface area contributed by atoms with Gasteiger partial charge in [0.1, 0.15) is 0 Å². The molecule has 34 heavy (non-hydrogen) atoms. The second-order valence-corrected chi connectivity index (χ2v) is 10.4. The quantitative estimate of drug-likeness (QED) is 0.288. The van der Waals surface area contributed by atoms with Crippen molar-refractivity contribution in [3.05, 3.63) is 81.6 Å². The molecule has 180 valence electrons. The fraction of sp³-hybridized carbons (Fsp3) is 0.296. The van der Waals surface area contributed by atoms with E-state index in [0.29, 0.717) is 18.3 Å². The predicted molar refractivity (Wildman–Crippen MR) is 145 cm³/mol. The summed E-state index contributed by atoms with van der Waals surface area (Å²) in [6, 6.07) is 15.6. The summed E-state index contributed by atoms with van der Waals surface area (Å²) in [6.07, 6.45) is 1.24. The van der Waals surface area contributed by atoms with Gasteiger partial charge in [-0.2, -0.15) is 0 Å². The largest absolute Gasteiger partial charge is 0.376 e. The first-order valence-electron chi connectivity index (χ1n) is 10.9. The average Bonchev–Trinajstić information content (AvgIpc) is 2.77. The fourth-order valence-corrected chi connectivity index (χ4v) is 4.12. The average molecular weight is 498 g/mol. The van der Waals surface area contributed by atoms with E-state index in [2.05, 4.69) is 53.6 Å². The number of aldehydes is 2. The predicted octanol–water partition coefficient (Wildman–Crippen LogP) is 7.15.